The molecule has 56 heavy (non-hydrogen) atoms. The number of fused-ring (bicyclic) bond motifs is 1. The summed E-state index contributed by atoms with van der Waals surface area (Å²) < 4.78 is 52.1. The normalized spacial score (nSPS) is 23.9. The first kappa shape index (κ1) is 42.6. The van der Waals surface area contributed by atoms with Crippen molar-refractivity contribution in [2.75, 3.05) is 12.3 Å². The zero-order valence-corrected chi connectivity index (χ0v) is 34.5. The molecule has 1 saturated heterocycles. The SMILES string of the molecule is CC(C)C(=O)O[C@H]1[C@@H](OC(=O)C(C)C)[C@](C#N)(c2ccc3c(N)ncnn23)O[C@@H]1COP(=O)(N[C@@H](C)C(=O)OC1CC(C)(C)C1)Oc1ccc(C(C)(C)C)cc1. The van der Waals surface area contributed by atoms with Crippen LogP contribution in [0.5, 0.6) is 5.75 Å². The number of nitrogens with zero attached hydrogens (tertiary/aromatic N) is 4. The number of nitrogens with one attached hydrogen (secondary N) is 1. The Morgan fingerprint density at radius 2 is 1.62 bits per heavy atom. The van der Waals surface area contributed by atoms with Crippen LogP contribution in [0.15, 0.2) is 42.7 Å². The van der Waals surface area contributed by atoms with Crippen LogP contribution >= 0.6 is 7.75 Å². The molecule has 16 nitrogen and oxygen atoms in total. The summed E-state index contributed by atoms with van der Waals surface area (Å²) in [6, 6.07) is 11.0. The van der Waals surface area contributed by atoms with Gasteiger partial charge < -0.3 is 29.2 Å². The smallest absolute Gasteiger partial charge is 0.459 e. The predicted octanol–water partition coefficient (Wildman–Crippen LogP) is 5.78. The number of nitriles is 1. The van der Waals surface area contributed by atoms with E-state index >= 15 is 0 Å². The summed E-state index contributed by atoms with van der Waals surface area (Å²) in [5.41, 5.74) is 5.21. The first-order valence-electron chi connectivity index (χ1n) is 18.7. The number of benzene rings is 1. The minimum Gasteiger partial charge on any atom is -0.461 e. The highest BCUT2D eigenvalue weighted by molar-refractivity contribution is 7.52. The van der Waals surface area contributed by atoms with Crippen molar-refractivity contribution in [1.82, 2.24) is 19.7 Å². The van der Waals surface area contributed by atoms with Crippen molar-refractivity contribution in [1.29, 1.82) is 5.26 Å². The number of hydrogen-bond acceptors (Lipinski definition) is 14. The third kappa shape index (κ3) is 9.18. The lowest BCUT2D eigenvalue weighted by atomic mass is 9.70. The summed E-state index contributed by atoms with van der Waals surface area (Å²) in [6.45, 7) is 17.6. The van der Waals surface area contributed by atoms with Gasteiger partial charge in [-0.05, 0) is 60.4 Å². The highest BCUT2D eigenvalue weighted by Gasteiger charge is 2.63. The zero-order chi connectivity index (χ0) is 41.4. The third-order valence-electron chi connectivity index (χ3n) is 9.77. The highest BCUT2D eigenvalue weighted by Crippen LogP contribution is 2.49. The molecule has 1 aromatic carbocycles. The fourth-order valence-corrected chi connectivity index (χ4v) is 8.07. The van der Waals surface area contributed by atoms with Crippen LogP contribution in [0.3, 0.4) is 0 Å². The molecule has 1 saturated carbocycles. The quantitative estimate of drug-likeness (QED) is 0.112. The van der Waals surface area contributed by atoms with Gasteiger partial charge in [0.15, 0.2) is 18.0 Å². The minimum atomic E-state index is -4.52. The molecule has 2 aliphatic rings. The van der Waals surface area contributed by atoms with Crippen LogP contribution in [-0.2, 0) is 53.4 Å². The van der Waals surface area contributed by atoms with E-state index in [1.165, 1.54) is 23.8 Å². The van der Waals surface area contributed by atoms with E-state index in [9.17, 15) is 24.2 Å². The number of anilines is 1. The van der Waals surface area contributed by atoms with Gasteiger partial charge in [0, 0.05) is 0 Å². The summed E-state index contributed by atoms with van der Waals surface area (Å²) >= 11 is 0. The molecular weight excluding hydrogens is 743 g/mol. The monoisotopic (exact) mass is 796 g/mol. The number of hydrogen-bond donors (Lipinski definition) is 2. The average molecular weight is 797 g/mol. The van der Waals surface area contributed by atoms with Gasteiger partial charge in [0.05, 0.1) is 24.1 Å². The van der Waals surface area contributed by atoms with Crippen LogP contribution in [0.4, 0.5) is 5.82 Å². The van der Waals surface area contributed by atoms with Crippen LogP contribution in [0.2, 0.25) is 0 Å². The van der Waals surface area contributed by atoms with Gasteiger partial charge in [0.25, 0.3) is 0 Å². The molecule has 2 aromatic heterocycles. The van der Waals surface area contributed by atoms with Gasteiger partial charge in [-0.15, -0.1) is 0 Å². The number of ether oxygens (including phenoxy) is 4. The van der Waals surface area contributed by atoms with Gasteiger partial charge in [0.1, 0.15) is 41.9 Å². The van der Waals surface area contributed by atoms with Gasteiger partial charge >= 0.3 is 25.7 Å². The van der Waals surface area contributed by atoms with Crippen molar-refractivity contribution in [2.24, 2.45) is 17.3 Å². The molecule has 1 unspecified atom stereocenters. The fourth-order valence-electron chi connectivity index (χ4n) is 6.56. The van der Waals surface area contributed by atoms with Gasteiger partial charge in [-0.3, -0.25) is 18.9 Å². The molecule has 6 atom stereocenters. The van der Waals surface area contributed by atoms with E-state index in [1.54, 1.807) is 45.9 Å². The molecule has 0 amide bonds. The molecule has 1 aliphatic carbocycles. The van der Waals surface area contributed by atoms with Crippen molar-refractivity contribution in [3.63, 3.8) is 0 Å². The molecule has 2 fully saturated rings. The molecule has 3 heterocycles. The van der Waals surface area contributed by atoms with E-state index in [-0.39, 0.29) is 34.2 Å². The first-order chi connectivity index (χ1) is 26.1. The Kier molecular flexibility index (Phi) is 12.3. The molecular formula is C39H53N6O10P. The molecule has 1 aliphatic heterocycles. The Labute approximate surface area is 327 Å². The van der Waals surface area contributed by atoms with Crippen LogP contribution in [0, 0.1) is 28.6 Å². The Morgan fingerprint density at radius 1 is 1.00 bits per heavy atom. The number of carbonyl (C=O) groups is 3. The molecule has 0 radical (unpaired) electrons. The lowest BCUT2D eigenvalue weighted by Gasteiger charge is -2.42. The standard InChI is InChI=1S/C39H53N6O10P/c1-22(2)34(46)52-31-29(54-39(20-40,32(31)53-35(47)23(3)4)30-16-15-28-33(41)42-21-43-45(28)30)19-50-56(49,55-26-13-11-25(12-14-26)37(6,7)8)44-24(5)36(48)51-27-17-38(9,10)18-27/h11-16,21-24,27,29,31-32H,17-19H2,1-10H3,(H,44,49)(H2,41,42,43)/t24-,29+,31+,32+,39-,56?/m0/s1. The van der Waals surface area contributed by atoms with Crippen LogP contribution in [-0.4, -0.2) is 69.6 Å². The Hall–Kier alpha value is -4.55. The number of rotatable bonds is 14. The van der Waals surface area contributed by atoms with E-state index in [1.807, 2.05) is 32.9 Å². The summed E-state index contributed by atoms with van der Waals surface area (Å²) in [5.74, 6) is -3.09. The van der Waals surface area contributed by atoms with Crippen molar-refractivity contribution in [3.05, 3.63) is 54.0 Å². The van der Waals surface area contributed by atoms with Gasteiger partial charge in [-0.1, -0.05) is 74.4 Å². The zero-order valence-electron chi connectivity index (χ0n) is 33.6. The van der Waals surface area contributed by atoms with E-state index < -0.39 is 74.1 Å². The number of nitrogens with two attached hydrogens (primary N) is 1. The molecule has 5 rings (SSSR count). The summed E-state index contributed by atoms with van der Waals surface area (Å²) in [4.78, 5) is 43.7. The number of carbonyl (C=O) groups excluding carboxylic acids is 3. The number of aromatic nitrogens is 3. The Morgan fingerprint density at radius 3 is 2.20 bits per heavy atom. The fraction of sp³-hybridized carbons (Fsp3) is 0.590. The molecule has 17 heteroatoms. The second kappa shape index (κ2) is 16.1. The number of esters is 3. The topological polar surface area (TPSA) is 216 Å². The van der Waals surface area contributed by atoms with Gasteiger partial charge in [0.2, 0.25) is 5.60 Å². The minimum absolute atomic E-state index is 0.0475. The molecule has 0 spiro atoms. The second-order valence-corrected chi connectivity index (χ2v) is 18.6. The van der Waals surface area contributed by atoms with Crippen molar-refractivity contribution < 1.29 is 46.9 Å². The van der Waals surface area contributed by atoms with E-state index in [0.29, 0.717) is 18.4 Å². The molecule has 3 N–H and O–H groups in total. The van der Waals surface area contributed by atoms with Crippen LogP contribution in [0.1, 0.15) is 93.3 Å². The summed E-state index contributed by atoms with van der Waals surface area (Å²) in [5, 5.41) is 17.9. The Bertz CT molecular complexity index is 2010. The molecule has 304 valence electrons. The summed E-state index contributed by atoms with van der Waals surface area (Å²) in [7, 11) is -4.52. The second-order valence-electron chi connectivity index (χ2n) is 16.9. The average Bonchev–Trinajstić information content (AvgIpc) is 3.66. The maximum absolute atomic E-state index is 14.8. The van der Waals surface area contributed by atoms with E-state index in [0.717, 1.165) is 5.56 Å². The van der Waals surface area contributed by atoms with Gasteiger partial charge in [-0.25, -0.2) is 14.1 Å². The molecule has 0 bridgehead atoms. The van der Waals surface area contributed by atoms with Crippen LogP contribution in [0.25, 0.3) is 5.52 Å². The van der Waals surface area contributed by atoms with Crippen LogP contribution < -0.4 is 15.3 Å². The predicted molar refractivity (Wildman–Crippen MR) is 204 cm³/mol. The first-order valence-corrected chi connectivity index (χ1v) is 20.2. The van der Waals surface area contributed by atoms with Crippen molar-refractivity contribution >= 4 is 37.0 Å². The molecule has 3 aromatic rings. The maximum atomic E-state index is 14.8. The van der Waals surface area contributed by atoms with Crippen molar-refractivity contribution in [3.8, 4) is 11.8 Å². The lowest BCUT2D eigenvalue weighted by molar-refractivity contribution is -0.173. The highest BCUT2D eigenvalue weighted by atomic mass is 31.2. The number of nitrogen functional groups attached to an aromatic ring is 1. The Balaban J connectivity index is 1.52. The maximum Gasteiger partial charge on any atom is 0.459 e. The summed E-state index contributed by atoms with van der Waals surface area (Å²) in [6.07, 6.45) is -2.18. The third-order valence-corrected chi connectivity index (χ3v) is 11.4. The largest absolute Gasteiger partial charge is 0.461 e. The van der Waals surface area contributed by atoms with Gasteiger partial charge in [-0.2, -0.15) is 15.4 Å². The van der Waals surface area contributed by atoms with E-state index in [4.69, 9.17) is 33.7 Å². The van der Waals surface area contributed by atoms with E-state index in [2.05, 4.69) is 35.1 Å². The lowest BCUT2D eigenvalue weighted by Crippen LogP contribution is -2.47. The van der Waals surface area contributed by atoms with Crippen molar-refractivity contribution in [2.45, 2.75) is 124 Å².